The number of halogens is 1. The fraction of sp³-hybridized carbons (Fsp3) is 0.417. The second-order valence-electron chi connectivity index (χ2n) is 3.74. The molecule has 0 spiro atoms. The quantitative estimate of drug-likeness (QED) is 0.520. The van der Waals surface area contributed by atoms with E-state index in [0.717, 1.165) is 12.8 Å². The van der Waals surface area contributed by atoms with E-state index >= 15 is 0 Å². The van der Waals surface area contributed by atoms with Crippen LogP contribution in [0.3, 0.4) is 0 Å². The summed E-state index contributed by atoms with van der Waals surface area (Å²) in [5, 5.41) is 4.02. The Morgan fingerprint density at radius 3 is 2.26 bits per heavy atom. The van der Waals surface area contributed by atoms with Crippen LogP contribution >= 0.6 is 16.1 Å². The Bertz CT molecular complexity index is 415. The number of rotatable bonds is 7. The number of allylic oxidation sites excluding steroid dienone is 2. The Morgan fingerprint density at radius 2 is 1.84 bits per heavy atom. The van der Waals surface area contributed by atoms with E-state index in [0.29, 0.717) is 17.7 Å². The minimum atomic E-state index is 0. The maximum atomic E-state index is 4.42. The maximum absolute atomic E-state index is 4.42. The maximum Gasteiger partial charge on any atom is 0.163 e. The zero-order valence-electron chi connectivity index (χ0n) is 11.3. The van der Waals surface area contributed by atoms with Crippen LogP contribution in [0.15, 0.2) is 25.3 Å². The van der Waals surface area contributed by atoms with Gasteiger partial charge in [-0.1, -0.05) is 12.2 Å². The van der Waals surface area contributed by atoms with E-state index in [1.54, 1.807) is 11.0 Å². The van der Waals surface area contributed by atoms with E-state index in [-0.39, 0.29) is 38.6 Å². The van der Waals surface area contributed by atoms with Gasteiger partial charge in [-0.3, -0.25) is 3.93 Å². The number of nitrogens with zero attached hydrogens (tertiary/aromatic N) is 5. The van der Waals surface area contributed by atoms with Crippen molar-refractivity contribution in [3.05, 3.63) is 36.5 Å². The molecule has 0 bridgehead atoms. The first-order valence-corrected chi connectivity index (χ1v) is 6.30. The molecule has 0 unspecified atom stereocenters. The van der Waals surface area contributed by atoms with Crippen molar-refractivity contribution < 1.29 is 32.7 Å². The van der Waals surface area contributed by atoms with Crippen molar-refractivity contribution in [3.63, 3.8) is 0 Å². The monoisotopic (exact) mass is 399 g/mol. The molecule has 19 heavy (non-hydrogen) atoms. The summed E-state index contributed by atoms with van der Waals surface area (Å²) < 4.78 is 1.66. The van der Waals surface area contributed by atoms with E-state index in [1.807, 2.05) is 19.2 Å². The van der Waals surface area contributed by atoms with Crippen molar-refractivity contribution in [2.45, 2.75) is 18.8 Å². The molecule has 0 aliphatic carbocycles. The number of hydrogen-bond acceptors (Lipinski definition) is 4. The Labute approximate surface area is 148 Å². The third kappa shape index (κ3) is 5.67. The summed E-state index contributed by atoms with van der Waals surface area (Å²) in [7, 11) is 3.47. The molecule has 1 aromatic heterocycles. The van der Waals surface area contributed by atoms with Gasteiger partial charge in [-0.05, 0) is 19.9 Å². The van der Waals surface area contributed by atoms with Crippen LogP contribution in [0.5, 0.6) is 0 Å². The second kappa shape index (κ2) is 9.56. The van der Waals surface area contributed by atoms with Gasteiger partial charge in [0.25, 0.3) is 0 Å². The molecule has 0 amide bonds. The summed E-state index contributed by atoms with van der Waals surface area (Å²) in [5.74, 6) is 1.85. The molecule has 0 aromatic carbocycles. The topological polar surface area (TPSA) is 56.0 Å². The van der Waals surface area contributed by atoms with Crippen molar-refractivity contribution in [2.75, 3.05) is 18.0 Å². The molecule has 101 valence electrons. The minimum absolute atomic E-state index is 0. The van der Waals surface area contributed by atoms with Crippen molar-refractivity contribution in [1.82, 2.24) is 15.0 Å². The van der Waals surface area contributed by atoms with Gasteiger partial charge in [0, 0.05) is 51.6 Å². The van der Waals surface area contributed by atoms with E-state index in [2.05, 4.69) is 49.6 Å². The molecule has 0 saturated carbocycles. The summed E-state index contributed by atoms with van der Waals surface area (Å²) in [4.78, 5) is 13.0. The van der Waals surface area contributed by atoms with Gasteiger partial charge in [-0.25, -0.2) is 4.98 Å². The molecule has 5 nitrogen and oxygen atoms in total. The molecule has 7 heteroatoms. The van der Waals surface area contributed by atoms with Crippen LogP contribution in [-0.4, -0.2) is 29.0 Å². The summed E-state index contributed by atoms with van der Waals surface area (Å²) in [5.41, 5.74) is 0. The summed E-state index contributed by atoms with van der Waals surface area (Å²) in [6, 6.07) is 0. The fourth-order valence-corrected chi connectivity index (χ4v) is 1.66. The van der Waals surface area contributed by atoms with Gasteiger partial charge < -0.3 is 15.3 Å². The first-order valence-electron chi connectivity index (χ1n) is 5.59. The molecule has 0 aliphatic rings. The van der Waals surface area contributed by atoms with Crippen molar-refractivity contribution >= 4 is 28.0 Å². The largest absolute Gasteiger partial charge is 0.397 e. The molecule has 1 radical (unpaired) electrons. The first-order chi connectivity index (χ1) is 8.62. The Hall–Kier alpha value is -0.326. The number of aromatic nitrogens is 3. The average Bonchev–Trinajstić information content (AvgIpc) is 2.37. The normalized spacial score (nSPS) is 9.68. The molecule has 0 atom stereocenters. The Morgan fingerprint density at radius 1 is 1.26 bits per heavy atom. The van der Waals surface area contributed by atoms with Crippen LogP contribution < -0.4 is 3.93 Å². The second-order valence-corrected chi connectivity index (χ2v) is 4.80. The van der Waals surface area contributed by atoms with Gasteiger partial charge in [-0.2, -0.15) is 0 Å². The summed E-state index contributed by atoms with van der Waals surface area (Å²) in [6.07, 6.45) is 5.31. The van der Waals surface area contributed by atoms with Crippen molar-refractivity contribution in [2.24, 2.45) is 0 Å². The predicted octanol–water partition coefficient (Wildman–Crippen LogP) is 3.49. The third-order valence-corrected chi connectivity index (χ3v) is 2.69. The Kier molecular flexibility index (Phi) is 9.39. The van der Waals surface area contributed by atoms with Crippen LogP contribution in [0.2, 0.25) is 0 Å². The van der Waals surface area contributed by atoms with Gasteiger partial charge in [-0.15, -0.1) is 13.2 Å². The molecule has 0 fully saturated rings. The van der Waals surface area contributed by atoms with Crippen LogP contribution in [0.25, 0.3) is 5.32 Å². The molecular weight excluding hydrogens is 383 g/mol. The Balaban J connectivity index is 0.00000324. The van der Waals surface area contributed by atoms with E-state index in [4.69, 9.17) is 0 Å². The van der Waals surface area contributed by atoms with Crippen LogP contribution in [0.4, 0.5) is 11.9 Å². The van der Waals surface area contributed by atoms with Crippen LogP contribution in [0, 0.1) is 0 Å². The average molecular weight is 400 g/mol. The van der Waals surface area contributed by atoms with Gasteiger partial charge in [0.15, 0.2) is 5.95 Å². The van der Waals surface area contributed by atoms with Gasteiger partial charge in [0.1, 0.15) is 0 Å². The van der Waals surface area contributed by atoms with Gasteiger partial charge >= 0.3 is 0 Å². The summed E-state index contributed by atoms with van der Waals surface area (Å²) >= 11 is 3.31. The minimum Gasteiger partial charge on any atom is -0.397 e. The van der Waals surface area contributed by atoms with Gasteiger partial charge in [0.05, 0.1) is 22.0 Å². The smallest absolute Gasteiger partial charge is 0.163 e. The molecule has 0 saturated heterocycles. The molecule has 0 aliphatic heterocycles. The van der Waals surface area contributed by atoms with Crippen molar-refractivity contribution in [3.8, 4) is 0 Å². The first kappa shape index (κ1) is 18.7. The fourth-order valence-electron chi connectivity index (χ4n) is 1.50. The zero-order chi connectivity index (χ0) is 13.5. The molecule has 1 aromatic rings. The SMILES string of the molecule is C=CCC(CC=C)c1nc([N-]C)nc(N(C)Br)n1.[Y]. The van der Waals surface area contributed by atoms with E-state index in [1.165, 1.54) is 0 Å². The third-order valence-electron chi connectivity index (χ3n) is 2.37. The molecular formula is C12H17BrN5Y-. The van der Waals surface area contributed by atoms with Crippen molar-refractivity contribution in [1.29, 1.82) is 0 Å². The van der Waals surface area contributed by atoms with Crippen LogP contribution in [0.1, 0.15) is 24.6 Å². The van der Waals surface area contributed by atoms with Gasteiger partial charge in [0.2, 0.25) is 0 Å². The molecule has 1 heterocycles. The predicted molar refractivity (Wildman–Crippen MR) is 78.5 cm³/mol. The van der Waals surface area contributed by atoms with Crippen LogP contribution in [-0.2, 0) is 32.7 Å². The molecule has 0 N–H and O–H groups in total. The summed E-state index contributed by atoms with van der Waals surface area (Å²) in [6.45, 7) is 7.52. The number of hydrogen-bond donors (Lipinski definition) is 0. The standard InChI is InChI=1S/C12H17BrN5.Y/c1-5-7-9(8-6-2)10-15-11(14-3)17-12(16-10)18(4)13;/h5-6,9H,1-2,7-8H2,3-4H3;/q-1;. The number of anilines is 1. The van der Waals surface area contributed by atoms with E-state index < -0.39 is 0 Å². The zero-order valence-corrected chi connectivity index (χ0v) is 15.7. The molecule has 1 rings (SSSR count). The van der Waals surface area contributed by atoms with E-state index in [9.17, 15) is 0 Å².